The fourth-order valence-electron chi connectivity index (χ4n) is 4.56. The van der Waals surface area contributed by atoms with E-state index in [-0.39, 0.29) is 0 Å². The van der Waals surface area contributed by atoms with Gasteiger partial charge in [0.25, 0.3) is 0 Å². The molecule has 1 aliphatic heterocycles. The molecule has 1 aromatic heterocycles. The lowest BCUT2D eigenvalue weighted by atomic mass is 9.97. The summed E-state index contributed by atoms with van der Waals surface area (Å²) in [4.78, 5) is 10.8. The number of rotatable bonds is 4. The van der Waals surface area contributed by atoms with Crippen LogP contribution >= 0.6 is 0 Å². The summed E-state index contributed by atoms with van der Waals surface area (Å²) in [5.41, 5.74) is 9.66. The predicted molar refractivity (Wildman–Crippen MR) is 123 cm³/mol. The summed E-state index contributed by atoms with van der Waals surface area (Å²) in [5, 5.41) is 3.70. The smallest absolute Gasteiger partial charge is 0.138 e. The second-order valence-electron chi connectivity index (χ2n) is 8.44. The van der Waals surface area contributed by atoms with E-state index in [0.29, 0.717) is 0 Å². The summed E-state index contributed by atoms with van der Waals surface area (Å²) < 4.78 is 0. The lowest BCUT2D eigenvalue weighted by Gasteiger charge is -2.30. The molecule has 30 heavy (non-hydrogen) atoms. The SMILES string of the molecule is Cc1ccc(Nc2cccc3c2CCN([C]2CC2)C3)cc1-c1nc2ccccc2[nH]1. The summed E-state index contributed by atoms with van der Waals surface area (Å²) in [6.07, 6.45) is 3.69. The molecule has 3 aromatic carbocycles. The standard InChI is InChI=1S/C26H25N4/c1-17-9-10-19(15-22(17)26-28-24-6-2-3-7-25(24)29-26)27-23-8-4-5-18-16-30(20-11-12-20)14-13-21(18)23/h2-10,15,27H,11-14,16H2,1H3,(H,28,29). The van der Waals surface area contributed by atoms with Crippen molar-refractivity contribution in [2.45, 2.75) is 32.7 Å². The van der Waals surface area contributed by atoms with E-state index in [1.165, 1.54) is 35.2 Å². The van der Waals surface area contributed by atoms with E-state index >= 15 is 0 Å². The zero-order chi connectivity index (χ0) is 20.1. The van der Waals surface area contributed by atoms with Gasteiger partial charge in [-0.05, 0) is 73.2 Å². The van der Waals surface area contributed by atoms with Gasteiger partial charge in [0.2, 0.25) is 0 Å². The molecular weight excluding hydrogens is 368 g/mol. The van der Waals surface area contributed by atoms with Crippen LogP contribution in [0.1, 0.15) is 29.5 Å². The number of fused-ring (bicyclic) bond motifs is 2. The van der Waals surface area contributed by atoms with Crippen LogP contribution in [-0.2, 0) is 13.0 Å². The Hall–Kier alpha value is -3.11. The number of aryl methyl sites for hydroxylation is 1. The van der Waals surface area contributed by atoms with Crippen LogP contribution in [0.2, 0.25) is 0 Å². The van der Waals surface area contributed by atoms with Crippen LogP contribution in [0.5, 0.6) is 0 Å². The van der Waals surface area contributed by atoms with Gasteiger partial charge in [0.1, 0.15) is 5.82 Å². The van der Waals surface area contributed by atoms with Crippen molar-refractivity contribution in [2.75, 3.05) is 11.9 Å². The highest BCUT2D eigenvalue weighted by molar-refractivity contribution is 5.81. The maximum atomic E-state index is 4.80. The van der Waals surface area contributed by atoms with Crippen molar-refractivity contribution < 1.29 is 0 Å². The van der Waals surface area contributed by atoms with Crippen molar-refractivity contribution in [3.05, 3.63) is 83.4 Å². The minimum Gasteiger partial charge on any atom is -0.355 e. The van der Waals surface area contributed by atoms with Crippen LogP contribution < -0.4 is 5.32 Å². The zero-order valence-corrected chi connectivity index (χ0v) is 17.2. The van der Waals surface area contributed by atoms with Crippen molar-refractivity contribution in [2.24, 2.45) is 0 Å². The van der Waals surface area contributed by atoms with E-state index in [1.54, 1.807) is 6.04 Å². The molecule has 6 rings (SSSR count). The number of para-hydroxylation sites is 2. The number of anilines is 2. The second kappa shape index (κ2) is 6.99. The summed E-state index contributed by atoms with van der Waals surface area (Å²) in [6, 6.07) is 23.0. The Labute approximate surface area is 177 Å². The van der Waals surface area contributed by atoms with E-state index in [0.717, 1.165) is 47.6 Å². The maximum Gasteiger partial charge on any atom is 0.138 e. The Morgan fingerprint density at radius 1 is 0.967 bits per heavy atom. The van der Waals surface area contributed by atoms with Crippen molar-refractivity contribution >= 4 is 22.4 Å². The monoisotopic (exact) mass is 393 g/mol. The third-order valence-electron chi connectivity index (χ3n) is 6.35. The Morgan fingerprint density at radius 3 is 2.73 bits per heavy atom. The van der Waals surface area contributed by atoms with Crippen molar-refractivity contribution in [3.63, 3.8) is 0 Å². The first kappa shape index (κ1) is 17.7. The van der Waals surface area contributed by atoms with Gasteiger partial charge in [0.15, 0.2) is 0 Å². The topological polar surface area (TPSA) is 44.0 Å². The fourth-order valence-corrected chi connectivity index (χ4v) is 4.56. The molecular formula is C26H25N4. The number of H-pyrrole nitrogens is 1. The van der Waals surface area contributed by atoms with Gasteiger partial charge in [0.05, 0.1) is 11.0 Å². The summed E-state index contributed by atoms with van der Waals surface area (Å²) in [7, 11) is 0. The first-order valence-electron chi connectivity index (χ1n) is 10.8. The summed E-state index contributed by atoms with van der Waals surface area (Å²) in [5.74, 6) is 0.921. The minimum atomic E-state index is 0.921. The Kier molecular flexibility index (Phi) is 4.13. The van der Waals surface area contributed by atoms with Gasteiger partial charge >= 0.3 is 0 Å². The number of benzene rings is 3. The van der Waals surface area contributed by atoms with Crippen molar-refractivity contribution in [3.8, 4) is 11.4 Å². The Morgan fingerprint density at radius 2 is 1.87 bits per heavy atom. The average Bonchev–Trinajstić information content (AvgIpc) is 3.53. The third-order valence-corrected chi connectivity index (χ3v) is 6.35. The largest absolute Gasteiger partial charge is 0.355 e. The number of hydrogen-bond donors (Lipinski definition) is 2. The molecule has 2 aliphatic rings. The van der Waals surface area contributed by atoms with Crippen LogP contribution in [-0.4, -0.2) is 21.4 Å². The molecule has 2 N–H and O–H groups in total. The van der Waals surface area contributed by atoms with Crippen LogP contribution in [0.15, 0.2) is 60.7 Å². The van der Waals surface area contributed by atoms with Crippen LogP contribution in [0, 0.1) is 13.0 Å². The minimum absolute atomic E-state index is 0.921. The number of imidazole rings is 1. The summed E-state index contributed by atoms with van der Waals surface area (Å²) in [6.45, 7) is 4.33. The molecule has 149 valence electrons. The molecule has 1 radical (unpaired) electrons. The fraction of sp³-hybridized carbons (Fsp3) is 0.231. The van der Waals surface area contributed by atoms with Gasteiger partial charge in [0, 0.05) is 36.1 Å². The molecule has 0 atom stereocenters. The quantitative estimate of drug-likeness (QED) is 0.449. The van der Waals surface area contributed by atoms with Crippen LogP contribution in [0.3, 0.4) is 0 Å². The first-order chi connectivity index (χ1) is 14.7. The van der Waals surface area contributed by atoms with E-state index in [2.05, 4.69) is 64.6 Å². The van der Waals surface area contributed by atoms with E-state index in [9.17, 15) is 0 Å². The van der Waals surface area contributed by atoms with Crippen LogP contribution in [0.4, 0.5) is 11.4 Å². The summed E-state index contributed by atoms with van der Waals surface area (Å²) >= 11 is 0. The normalized spacial score (nSPS) is 16.6. The molecule has 0 saturated heterocycles. The van der Waals surface area contributed by atoms with Crippen LogP contribution in [0.25, 0.3) is 22.4 Å². The number of nitrogens with one attached hydrogen (secondary N) is 2. The highest BCUT2D eigenvalue weighted by atomic mass is 15.2. The number of nitrogens with zero attached hydrogens (tertiary/aromatic N) is 2. The number of aromatic amines is 1. The van der Waals surface area contributed by atoms with Gasteiger partial charge in [-0.15, -0.1) is 0 Å². The van der Waals surface area contributed by atoms with Gasteiger partial charge < -0.3 is 10.3 Å². The average molecular weight is 394 g/mol. The number of hydrogen-bond acceptors (Lipinski definition) is 3. The van der Waals surface area contributed by atoms with E-state index in [4.69, 9.17) is 4.98 Å². The molecule has 4 nitrogen and oxygen atoms in total. The molecule has 4 aromatic rings. The molecule has 1 saturated carbocycles. The third kappa shape index (κ3) is 3.17. The van der Waals surface area contributed by atoms with Crippen molar-refractivity contribution in [1.29, 1.82) is 0 Å². The molecule has 0 amide bonds. The van der Waals surface area contributed by atoms with Gasteiger partial charge in [-0.1, -0.05) is 30.3 Å². The molecule has 2 heterocycles. The maximum absolute atomic E-state index is 4.80. The molecule has 4 heteroatoms. The lowest BCUT2D eigenvalue weighted by molar-refractivity contribution is 0.301. The lowest BCUT2D eigenvalue weighted by Crippen LogP contribution is -2.29. The molecule has 0 bridgehead atoms. The number of aromatic nitrogens is 2. The van der Waals surface area contributed by atoms with Crippen molar-refractivity contribution in [1.82, 2.24) is 14.9 Å². The highest BCUT2D eigenvalue weighted by Crippen LogP contribution is 2.40. The van der Waals surface area contributed by atoms with E-state index in [1.807, 2.05) is 18.2 Å². The molecule has 1 fully saturated rings. The molecule has 0 unspecified atom stereocenters. The predicted octanol–water partition coefficient (Wildman–Crippen LogP) is 5.97. The van der Waals surface area contributed by atoms with E-state index < -0.39 is 0 Å². The molecule has 0 spiro atoms. The highest BCUT2D eigenvalue weighted by Gasteiger charge is 2.32. The Bertz CT molecular complexity index is 1200. The Balaban J connectivity index is 1.32. The second-order valence-corrected chi connectivity index (χ2v) is 8.44. The van der Waals surface area contributed by atoms with Gasteiger partial charge in [-0.2, -0.15) is 0 Å². The van der Waals surface area contributed by atoms with Gasteiger partial charge in [-0.3, -0.25) is 4.90 Å². The first-order valence-corrected chi connectivity index (χ1v) is 10.8. The zero-order valence-electron chi connectivity index (χ0n) is 17.2. The molecule has 1 aliphatic carbocycles. The van der Waals surface area contributed by atoms with Gasteiger partial charge in [-0.25, -0.2) is 4.98 Å².